The summed E-state index contributed by atoms with van der Waals surface area (Å²) in [5.74, 6) is 1.07. The molecule has 7 nitrogen and oxygen atoms in total. The Balaban J connectivity index is 1.23. The van der Waals surface area contributed by atoms with Crippen LogP contribution >= 0.6 is 0 Å². The maximum Gasteiger partial charge on any atom is 0.326 e. The lowest BCUT2D eigenvalue weighted by Gasteiger charge is -2.19. The molecule has 1 heterocycles. The fourth-order valence-electron chi connectivity index (χ4n) is 5.25. The maximum absolute atomic E-state index is 13.1. The molecular weight excluding hydrogens is 528 g/mol. The summed E-state index contributed by atoms with van der Waals surface area (Å²) in [6.07, 6.45) is 6.71. The monoisotopic (exact) mass is 566 g/mol. The molecular formula is C35H38N2O5. The lowest BCUT2D eigenvalue weighted by molar-refractivity contribution is -0.139. The lowest BCUT2D eigenvalue weighted by Crippen LogP contribution is -2.42. The van der Waals surface area contributed by atoms with Crippen LogP contribution in [0.15, 0.2) is 79.0 Å². The number of ether oxygens (including phenoxy) is 2. The van der Waals surface area contributed by atoms with Gasteiger partial charge in [-0.15, -0.1) is 0 Å². The Morgan fingerprint density at radius 3 is 2.24 bits per heavy atom. The minimum absolute atomic E-state index is 0.0544. The van der Waals surface area contributed by atoms with Crippen molar-refractivity contribution in [2.75, 3.05) is 6.61 Å². The molecule has 218 valence electrons. The number of aliphatic carboxylic acids is 1. The zero-order valence-electron chi connectivity index (χ0n) is 24.4. The van der Waals surface area contributed by atoms with Crippen LogP contribution in [-0.2, 0) is 16.6 Å². The van der Waals surface area contributed by atoms with Gasteiger partial charge in [0.15, 0.2) is 0 Å². The number of fused-ring (bicyclic) bond motifs is 1. The number of amides is 1. The number of carboxylic acids is 1. The molecule has 1 aliphatic rings. The van der Waals surface area contributed by atoms with Crippen molar-refractivity contribution in [3.05, 3.63) is 95.8 Å². The average Bonchev–Trinajstić information content (AvgIpc) is 3.49. The van der Waals surface area contributed by atoms with Gasteiger partial charge in [-0.25, -0.2) is 4.79 Å². The van der Waals surface area contributed by atoms with Crippen molar-refractivity contribution in [3.63, 3.8) is 0 Å². The summed E-state index contributed by atoms with van der Waals surface area (Å²) < 4.78 is 12.0. The minimum Gasteiger partial charge on any atom is -0.493 e. The Morgan fingerprint density at radius 1 is 0.905 bits per heavy atom. The normalized spacial score (nSPS) is 14.5. The third-order valence-corrected chi connectivity index (χ3v) is 7.81. The molecule has 0 saturated heterocycles. The fourth-order valence-corrected chi connectivity index (χ4v) is 5.25. The van der Waals surface area contributed by atoms with E-state index in [0.29, 0.717) is 24.0 Å². The average molecular weight is 567 g/mol. The zero-order chi connectivity index (χ0) is 29.7. The van der Waals surface area contributed by atoms with Gasteiger partial charge >= 0.3 is 5.97 Å². The van der Waals surface area contributed by atoms with Crippen molar-refractivity contribution in [1.82, 2.24) is 10.3 Å². The molecule has 5 rings (SSSR count). The van der Waals surface area contributed by atoms with E-state index in [1.807, 2.05) is 54.6 Å². The largest absolute Gasteiger partial charge is 0.493 e. The zero-order valence-corrected chi connectivity index (χ0v) is 24.4. The van der Waals surface area contributed by atoms with E-state index in [-0.39, 0.29) is 17.5 Å². The van der Waals surface area contributed by atoms with Crippen LogP contribution in [0.2, 0.25) is 0 Å². The molecule has 0 bridgehead atoms. The highest BCUT2D eigenvalue weighted by Gasteiger charge is 2.22. The predicted molar refractivity (Wildman–Crippen MR) is 163 cm³/mol. The van der Waals surface area contributed by atoms with Crippen LogP contribution in [0.25, 0.3) is 10.8 Å². The summed E-state index contributed by atoms with van der Waals surface area (Å²) >= 11 is 0. The first-order valence-corrected chi connectivity index (χ1v) is 14.6. The summed E-state index contributed by atoms with van der Waals surface area (Å²) in [6.45, 7) is 7.20. The molecule has 1 amide bonds. The number of rotatable bonds is 10. The molecule has 4 aromatic rings. The Kier molecular flexibility index (Phi) is 8.76. The second kappa shape index (κ2) is 12.6. The van der Waals surface area contributed by atoms with Crippen molar-refractivity contribution < 1.29 is 24.2 Å². The molecule has 1 atom stereocenters. The van der Waals surface area contributed by atoms with Crippen LogP contribution in [0.4, 0.5) is 0 Å². The summed E-state index contributed by atoms with van der Waals surface area (Å²) in [5.41, 5.74) is 2.20. The van der Waals surface area contributed by atoms with Crippen molar-refractivity contribution >= 4 is 22.6 Å². The van der Waals surface area contributed by atoms with Gasteiger partial charge in [0.25, 0.3) is 5.91 Å². The Labute approximate surface area is 246 Å². The van der Waals surface area contributed by atoms with Crippen LogP contribution in [0, 0.1) is 5.92 Å². The highest BCUT2D eigenvalue weighted by atomic mass is 16.5. The van der Waals surface area contributed by atoms with Crippen molar-refractivity contribution in [1.29, 1.82) is 0 Å². The quantitative estimate of drug-likeness (QED) is 0.209. The van der Waals surface area contributed by atoms with E-state index in [2.05, 4.69) is 43.2 Å². The Morgan fingerprint density at radius 2 is 1.57 bits per heavy atom. The molecule has 3 aromatic carbocycles. The molecule has 1 saturated carbocycles. The highest BCUT2D eigenvalue weighted by molar-refractivity contribution is 5.98. The van der Waals surface area contributed by atoms with Crippen LogP contribution in [0.1, 0.15) is 68.1 Å². The first-order chi connectivity index (χ1) is 20.1. The molecule has 2 N–H and O–H groups in total. The van der Waals surface area contributed by atoms with Crippen LogP contribution in [-0.4, -0.2) is 34.6 Å². The number of pyridine rings is 1. The highest BCUT2D eigenvalue weighted by Crippen LogP contribution is 2.29. The van der Waals surface area contributed by atoms with E-state index in [1.54, 1.807) is 12.3 Å². The van der Waals surface area contributed by atoms with Crippen molar-refractivity contribution in [3.8, 4) is 17.2 Å². The number of carbonyl (C=O) groups excluding carboxylic acids is 1. The van der Waals surface area contributed by atoms with E-state index in [0.717, 1.165) is 22.1 Å². The van der Waals surface area contributed by atoms with Gasteiger partial charge in [0.1, 0.15) is 29.0 Å². The topological polar surface area (TPSA) is 97.8 Å². The second-order valence-electron chi connectivity index (χ2n) is 12.1. The van der Waals surface area contributed by atoms with E-state index in [1.165, 1.54) is 31.2 Å². The maximum atomic E-state index is 13.1. The number of benzene rings is 3. The standard InChI is InChI=1S/C35H38N2O5/c1-35(2,3)27-11-16-29(17-12-27)42-30-15-10-25-21-36-31(20-26(25)19-30)33(38)37-32(34(39)40)18-23-8-13-28(14-9-23)41-22-24-6-4-5-7-24/h8-17,19-21,24,32H,4-7,18,22H2,1-3H3,(H,37,38)(H,39,40)/t32-/m0/s1. The van der Waals surface area contributed by atoms with Gasteiger partial charge < -0.3 is 19.9 Å². The molecule has 0 unspecified atom stereocenters. The van der Waals surface area contributed by atoms with Crippen LogP contribution in [0.5, 0.6) is 17.2 Å². The first-order valence-electron chi connectivity index (χ1n) is 14.6. The number of hydrogen-bond acceptors (Lipinski definition) is 5. The van der Waals surface area contributed by atoms with E-state index < -0.39 is 17.9 Å². The molecule has 7 heteroatoms. The SMILES string of the molecule is CC(C)(C)c1ccc(Oc2ccc3cnc(C(=O)N[C@@H](Cc4ccc(OCC5CCCC5)cc4)C(=O)O)cc3c2)cc1. The summed E-state index contributed by atoms with van der Waals surface area (Å²) in [4.78, 5) is 29.4. The van der Waals surface area contributed by atoms with Gasteiger partial charge in [0.2, 0.25) is 0 Å². The van der Waals surface area contributed by atoms with Gasteiger partial charge in [0, 0.05) is 18.0 Å². The van der Waals surface area contributed by atoms with Crippen molar-refractivity contribution in [2.45, 2.75) is 64.3 Å². The minimum atomic E-state index is -1.11. The summed E-state index contributed by atoms with van der Waals surface area (Å²) in [6, 6.07) is 21.5. The summed E-state index contributed by atoms with van der Waals surface area (Å²) in [5, 5.41) is 14.1. The molecule has 1 fully saturated rings. The molecule has 0 aliphatic heterocycles. The molecule has 1 aromatic heterocycles. The van der Waals surface area contributed by atoms with Gasteiger partial charge in [-0.3, -0.25) is 9.78 Å². The molecule has 42 heavy (non-hydrogen) atoms. The molecule has 1 aliphatic carbocycles. The first kappa shape index (κ1) is 29.1. The predicted octanol–water partition coefficient (Wildman–Crippen LogP) is 7.32. The van der Waals surface area contributed by atoms with Crippen molar-refractivity contribution in [2.24, 2.45) is 5.92 Å². The number of aromatic nitrogens is 1. The molecule has 0 radical (unpaired) electrons. The number of hydrogen-bond donors (Lipinski definition) is 2. The van der Waals surface area contributed by atoms with E-state index in [4.69, 9.17) is 9.47 Å². The van der Waals surface area contributed by atoms with Gasteiger partial charge in [-0.05, 0) is 89.2 Å². The number of nitrogens with one attached hydrogen (secondary N) is 1. The second-order valence-corrected chi connectivity index (χ2v) is 12.1. The third kappa shape index (κ3) is 7.46. The smallest absolute Gasteiger partial charge is 0.326 e. The van der Waals surface area contributed by atoms with Gasteiger partial charge in [-0.1, -0.05) is 57.9 Å². The third-order valence-electron chi connectivity index (χ3n) is 7.81. The number of carbonyl (C=O) groups is 2. The van der Waals surface area contributed by atoms with E-state index >= 15 is 0 Å². The lowest BCUT2D eigenvalue weighted by atomic mass is 9.87. The number of nitrogens with zero attached hydrogens (tertiary/aromatic N) is 1. The van der Waals surface area contributed by atoms with Gasteiger partial charge in [-0.2, -0.15) is 0 Å². The fraction of sp³-hybridized carbons (Fsp3) is 0.343. The number of carboxylic acid groups (broad SMARTS) is 1. The van der Waals surface area contributed by atoms with Crippen LogP contribution < -0.4 is 14.8 Å². The Bertz CT molecular complexity index is 1530. The summed E-state index contributed by atoms with van der Waals surface area (Å²) in [7, 11) is 0. The Hall–Kier alpha value is -4.39. The van der Waals surface area contributed by atoms with Gasteiger partial charge in [0.05, 0.1) is 6.61 Å². The van der Waals surface area contributed by atoms with E-state index in [9.17, 15) is 14.7 Å². The van der Waals surface area contributed by atoms with Crippen LogP contribution in [0.3, 0.4) is 0 Å². The molecule has 0 spiro atoms.